The second-order valence-electron chi connectivity index (χ2n) is 7.83. The lowest BCUT2D eigenvalue weighted by Gasteiger charge is -2.42. The first-order valence-corrected chi connectivity index (χ1v) is 9.87. The lowest BCUT2D eigenvalue weighted by molar-refractivity contribution is -0.140. The Morgan fingerprint density at radius 3 is 2.86 bits per heavy atom. The van der Waals surface area contributed by atoms with Crippen LogP contribution in [0.1, 0.15) is 35.2 Å². The van der Waals surface area contributed by atoms with Crippen LogP contribution in [0.4, 0.5) is 10.1 Å². The molecule has 1 aromatic carbocycles. The first-order chi connectivity index (χ1) is 14.0. The number of hydrogen-bond donors (Lipinski definition) is 0. The largest absolute Gasteiger partial charge is 0.363 e. The van der Waals surface area contributed by atoms with Gasteiger partial charge in [0.1, 0.15) is 12.4 Å². The fourth-order valence-corrected chi connectivity index (χ4v) is 4.12. The Bertz CT molecular complexity index is 935. The molecule has 0 bridgehead atoms. The minimum absolute atomic E-state index is 0.0351. The molecule has 0 radical (unpaired) electrons. The number of nitrogens with zero attached hydrogens (tertiary/aromatic N) is 3. The van der Waals surface area contributed by atoms with Crippen molar-refractivity contribution in [2.45, 2.75) is 31.8 Å². The van der Waals surface area contributed by atoms with Crippen molar-refractivity contribution in [3.05, 3.63) is 59.7 Å². The number of hydrogen-bond acceptors (Lipinski definition) is 4. The maximum Gasteiger partial charge on any atom is 0.255 e. The molecular formula is C22H24FN3O3. The Morgan fingerprint density at radius 1 is 1.21 bits per heavy atom. The summed E-state index contributed by atoms with van der Waals surface area (Å²) in [6, 6.07) is 7.91. The fourth-order valence-electron chi connectivity index (χ4n) is 4.12. The molecule has 2 aliphatic heterocycles. The van der Waals surface area contributed by atoms with Gasteiger partial charge in [-0.1, -0.05) is 6.07 Å². The summed E-state index contributed by atoms with van der Waals surface area (Å²) in [6.07, 6.45) is 5.45. The average Bonchev–Trinajstić information content (AvgIpc) is 2.92. The van der Waals surface area contributed by atoms with Crippen LogP contribution in [0.3, 0.4) is 0 Å². The predicted octanol–water partition coefficient (Wildman–Crippen LogP) is 2.96. The van der Waals surface area contributed by atoms with Crippen LogP contribution >= 0.6 is 0 Å². The van der Waals surface area contributed by atoms with Gasteiger partial charge in [0.15, 0.2) is 0 Å². The number of benzene rings is 1. The third kappa shape index (κ3) is 4.15. The number of morpholine rings is 1. The molecular weight excluding hydrogens is 373 g/mol. The molecule has 2 fully saturated rings. The second kappa shape index (κ2) is 7.91. The number of aromatic nitrogens is 1. The van der Waals surface area contributed by atoms with Crippen LogP contribution in [0, 0.1) is 12.7 Å². The number of ether oxygens (including phenoxy) is 1. The van der Waals surface area contributed by atoms with E-state index in [0.29, 0.717) is 37.3 Å². The first kappa shape index (κ1) is 19.5. The molecule has 2 aromatic rings. The van der Waals surface area contributed by atoms with Gasteiger partial charge in [0.05, 0.1) is 17.7 Å². The number of carbonyl (C=O) groups excluding carboxylic acids is 2. The molecule has 1 atom stereocenters. The Balaban J connectivity index is 1.49. The van der Waals surface area contributed by atoms with E-state index in [-0.39, 0.29) is 24.2 Å². The van der Waals surface area contributed by atoms with Gasteiger partial charge >= 0.3 is 0 Å². The van der Waals surface area contributed by atoms with Crippen molar-refractivity contribution in [2.24, 2.45) is 0 Å². The number of rotatable bonds is 2. The quantitative estimate of drug-likeness (QED) is 0.782. The van der Waals surface area contributed by atoms with Crippen molar-refractivity contribution >= 4 is 17.5 Å². The topological polar surface area (TPSA) is 62.7 Å². The molecule has 6 nitrogen and oxygen atoms in total. The summed E-state index contributed by atoms with van der Waals surface area (Å²) < 4.78 is 19.7. The highest BCUT2D eigenvalue weighted by Crippen LogP contribution is 2.33. The molecule has 1 aromatic heterocycles. The van der Waals surface area contributed by atoms with E-state index in [1.54, 1.807) is 29.4 Å². The molecule has 29 heavy (non-hydrogen) atoms. The molecule has 1 spiro atoms. The van der Waals surface area contributed by atoms with Gasteiger partial charge in [-0.2, -0.15) is 0 Å². The number of pyridine rings is 1. The van der Waals surface area contributed by atoms with Gasteiger partial charge in [0, 0.05) is 31.2 Å². The summed E-state index contributed by atoms with van der Waals surface area (Å²) in [7, 11) is 0. The van der Waals surface area contributed by atoms with Gasteiger partial charge in [0.2, 0.25) is 0 Å². The van der Waals surface area contributed by atoms with E-state index < -0.39 is 5.60 Å². The van der Waals surface area contributed by atoms with Crippen LogP contribution in [0.25, 0.3) is 0 Å². The Kier molecular flexibility index (Phi) is 5.32. The highest BCUT2D eigenvalue weighted by atomic mass is 19.1. The number of halogens is 1. The van der Waals surface area contributed by atoms with Crippen molar-refractivity contribution in [2.75, 3.05) is 31.1 Å². The van der Waals surface area contributed by atoms with Crippen LogP contribution in [0.2, 0.25) is 0 Å². The molecule has 3 heterocycles. The minimum atomic E-state index is -0.528. The number of likely N-dealkylation sites (tertiary alicyclic amines) is 1. The average molecular weight is 397 g/mol. The lowest BCUT2D eigenvalue weighted by Crippen LogP contribution is -2.55. The predicted molar refractivity (Wildman–Crippen MR) is 106 cm³/mol. The van der Waals surface area contributed by atoms with Crippen molar-refractivity contribution in [1.82, 2.24) is 9.88 Å². The Labute approximate surface area is 169 Å². The monoisotopic (exact) mass is 397 g/mol. The zero-order valence-corrected chi connectivity index (χ0v) is 16.4. The van der Waals surface area contributed by atoms with E-state index in [4.69, 9.17) is 4.74 Å². The molecule has 4 rings (SSSR count). The third-order valence-electron chi connectivity index (χ3n) is 5.68. The molecule has 2 aliphatic rings. The molecule has 7 heteroatoms. The minimum Gasteiger partial charge on any atom is -0.363 e. The summed E-state index contributed by atoms with van der Waals surface area (Å²) in [5.74, 6) is -0.586. The summed E-state index contributed by atoms with van der Waals surface area (Å²) in [6.45, 7) is 3.41. The lowest BCUT2D eigenvalue weighted by atomic mass is 9.92. The van der Waals surface area contributed by atoms with Gasteiger partial charge < -0.3 is 14.5 Å². The number of aryl methyl sites for hydroxylation is 1. The van der Waals surface area contributed by atoms with Gasteiger partial charge in [-0.3, -0.25) is 14.6 Å². The molecule has 2 amide bonds. The van der Waals surface area contributed by atoms with Crippen LogP contribution in [-0.4, -0.2) is 53.5 Å². The molecule has 1 unspecified atom stereocenters. The second-order valence-corrected chi connectivity index (χ2v) is 7.83. The molecule has 2 saturated heterocycles. The van der Waals surface area contributed by atoms with Crippen LogP contribution in [0.5, 0.6) is 0 Å². The van der Waals surface area contributed by atoms with Crippen molar-refractivity contribution in [3.63, 3.8) is 0 Å². The smallest absolute Gasteiger partial charge is 0.255 e. The normalized spacial score (nSPS) is 22.6. The SMILES string of the molecule is Cc1cncc(C(=O)N2CCCC3(CC2)CN(c2cccc(F)c2)C(=O)CO3)c1. The van der Waals surface area contributed by atoms with Gasteiger partial charge in [-0.15, -0.1) is 0 Å². The van der Waals surface area contributed by atoms with Crippen LogP contribution < -0.4 is 4.90 Å². The Morgan fingerprint density at radius 2 is 2.07 bits per heavy atom. The molecule has 0 N–H and O–H groups in total. The van der Waals surface area contributed by atoms with Crippen LogP contribution in [-0.2, 0) is 9.53 Å². The van der Waals surface area contributed by atoms with Gasteiger partial charge in [0.25, 0.3) is 11.8 Å². The zero-order valence-electron chi connectivity index (χ0n) is 16.4. The summed E-state index contributed by atoms with van der Waals surface area (Å²) >= 11 is 0. The van der Waals surface area contributed by atoms with Crippen LogP contribution in [0.15, 0.2) is 42.7 Å². The number of anilines is 1. The van der Waals surface area contributed by atoms with E-state index in [2.05, 4.69) is 4.98 Å². The highest BCUT2D eigenvalue weighted by Gasteiger charge is 2.42. The van der Waals surface area contributed by atoms with Crippen molar-refractivity contribution < 1.29 is 18.7 Å². The number of carbonyl (C=O) groups is 2. The Hall–Kier alpha value is -2.80. The summed E-state index contributed by atoms with van der Waals surface area (Å²) in [5.41, 5.74) is 1.55. The summed E-state index contributed by atoms with van der Waals surface area (Å²) in [4.78, 5) is 32.9. The zero-order chi connectivity index (χ0) is 20.4. The van der Waals surface area contributed by atoms with E-state index in [9.17, 15) is 14.0 Å². The van der Waals surface area contributed by atoms with Gasteiger partial charge in [-0.25, -0.2) is 4.39 Å². The van der Waals surface area contributed by atoms with E-state index >= 15 is 0 Å². The van der Waals surface area contributed by atoms with E-state index in [1.165, 1.54) is 12.1 Å². The standard InChI is InChI=1S/C22H24FN3O3/c1-16-10-17(13-24-12-16)21(28)25-8-3-6-22(7-9-25)15-26(20(27)14-29-22)19-5-2-4-18(23)11-19/h2,4-5,10-13H,3,6-9,14-15H2,1H3. The maximum atomic E-state index is 13.7. The third-order valence-corrected chi connectivity index (χ3v) is 5.68. The fraction of sp³-hybridized carbons (Fsp3) is 0.409. The molecule has 0 aliphatic carbocycles. The molecule has 0 saturated carbocycles. The maximum absolute atomic E-state index is 13.7. The van der Waals surface area contributed by atoms with E-state index in [0.717, 1.165) is 18.4 Å². The number of amides is 2. The first-order valence-electron chi connectivity index (χ1n) is 9.87. The van der Waals surface area contributed by atoms with Crippen molar-refractivity contribution in [3.8, 4) is 0 Å². The van der Waals surface area contributed by atoms with Gasteiger partial charge in [-0.05, 0) is 56.0 Å². The van der Waals surface area contributed by atoms with E-state index in [1.807, 2.05) is 17.9 Å². The highest BCUT2D eigenvalue weighted by molar-refractivity contribution is 5.95. The summed E-state index contributed by atoms with van der Waals surface area (Å²) in [5, 5.41) is 0. The van der Waals surface area contributed by atoms with Crippen molar-refractivity contribution in [1.29, 1.82) is 0 Å². The molecule has 152 valence electrons.